The van der Waals surface area contributed by atoms with Gasteiger partial charge in [0.1, 0.15) is 23.1 Å². The summed E-state index contributed by atoms with van der Waals surface area (Å²) in [4.78, 5) is 4.57. The molecule has 5 rings (SSSR count). The second-order valence-electron chi connectivity index (χ2n) is 7.02. The minimum atomic E-state index is 0.179. The van der Waals surface area contributed by atoms with Gasteiger partial charge in [-0.1, -0.05) is 17.7 Å². The number of rotatable bonds is 1. The Kier molecular flexibility index (Phi) is 3.27. The van der Waals surface area contributed by atoms with Crippen molar-refractivity contribution in [1.82, 2.24) is 20.1 Å². The van der Waals surface area contributed by atoms with E-state index in [1.54, 1.807) is 4.68 Å². The monoisotopic (exact) mass is 364 g/mol. The van der Waals surface area contributed by atoms with E-state index in [0.29, 0.717) is 22.3 Å². The molecule has 26 heavy (non-hydrogen) atoms. The van der Waals surface area contributed by atoms with E-state index in [4.69, 9.17) is 22.4 Å². The second kappa shape index (κ2) is 5.44. The van der Waals surface area contributed by atoms with Gasteiger partial charge in [-0.15, -0.1) is 0 Å². The van der Waals surface area contributed by atoms with Crippen molar-refractivity contribution in [3.05, 3.63) is 40.0 Å². The van der Waals surface area contributed by atoms with Crippen LogP contribution in [0.3, 0.4) is 0 Å². The number of nitrogen functional groups attached to an aromatic ring is 1. The fourth-order valence-electron chi connectivity index (χ4n) is 4.45. The van der Waals surface area contributed by atoms with Gasteiger partial charge in [-0.2, -0.15) is 10.4 Å². The highest BCUT2D eigenvalue weighted by Crippen LogP contribution is 2.45. The summed E-state index contributed by atoms with van der Waals surface area (Å²) < 4.78 is 1.80. The largest absolute Gasteiger partial charge is 0.383 e. The molecule has 0 unspecified atom stereocenters. The maximum atomic E-state index is 9.82. The molecule has 130 valence electrons. The summed E-state index contributed by atoms with van der Waals surface area (Å²) in [7, 11) is 1.88. The second-order valence-corrected chi connectivity index (χ2v) is 7.43. The Labute approximate surface area is 155 Å². The fraction of sp³-hybridized carbons (Fsp3) is 0.316. The summed E-state index contributed by atoms with van der Waals surface area (Å²) in [6.07, 6.45) is 2.96. The molecule has 2 bridgehead atoms. The summed E-state index contributed by atoms with van der Waals surface area (Å²) in [5, 5.41) is 19.7. The van der Waals surface area contributed by atoms with Crippen molar-refractivity contribution in [2.75, 3.05) is 5.73 Å². The summed E-state index contributed by atoms with van der Waals surface area (Å²) >= 11 is 6.52. The van der Waals surface area contributed by atoms with E-state index in [0.717, 1.165) is 47.0 Å². The van der Waals surface area contributed by atoms with Crippen LogP contribution < -0.4 is 11.1 Å². The number of hydrogen-bond donors (Lipinski definition) is 2. The Hall–Kier alpha value is -2.62. The summed E-state index contributed by atoms with van der Waals surface area (Å²) in [6, 6.07) is 8.60. The molecule has 6 nitrogen and oxygen atoms in total. The van der Waals surface area contributed by atoms with E-state index < -0.39 is 0 Å². The Bertz CT molecular complexity index is 1110. The molecule has 0 aliphatic carbocycles. The Morgan fingerprint density at radius 2 is 2.23 bits per heavy atom. The molecule has 3 N–H and O–H groups in total. The quantitative estimate of drug-likeness (QED) is 0.692. The molecule has 0 saturated carbocycles. The van der Waals surface area contributed by atoms with Gasteiger partial charge >= 0.3 is 0 Å². The number of fused-ring (bicyclic) bond motifs is 5. The first kappa shape index (κ1) is 15.6. The SMILES string of the molecule is Cn1nc(-c2c(C#N)c(N)nc3c2[C@H]2CC[C@@H](C3)N2)c2c(Cl)cccc21. The first-order valence-electron chi connectivity index (χ1n) is 8.68. The molecule has 2 aliphatic rings. The van der Waals surface area contributed by atoms with E-state index in [-0.39, 0.29) is 11.9 Å². The first-order valence-corrected chi connectivity index (χ1v) is 9.06. The van der Waals surface area contributed by atoms with Crippen LogP contribution in [0, 0.1) is 11.3 Å². The minimum absolute atomic E-state index is 0.179. The number of halogens is 1. The van der Waals surface area contributed by atoms with Crippen LogP contribution in [0.15, 0.2) is 18.2 Å². The van der Waals surface area contributed by atoms with Crippen LogP contribution in [-0.4, -0.2) is 20.8 Å². The van der Waals surface area contributed by atoms with E-state index >= 15 is 0 Å². The Morgan fingerprint density at radius 3 is 3.04 bits per heavy atom. The number of nitrogens with two attached hydrogens (primary N) is 1. The number of anilines is 1. The van der Waals surface area contributed by atoms with Crippen LogP contribution in [0.25, 0.3) is 22.2 Å². The zero-order valence-corrected chi connectivity index (χ0v) is 15.0. The number of nitriles is 1. The zero-order chi connectivity index (χ0) is 18.0. The van der Waals surface area contributed by atoms with E-state index in [1.165, 1.54) is 0 Å². The minimum Gasteiger partial charge on any atom is -0.383 e. The lowest BCUT2D eigenvalue weighted by Crippen LogP contribution is -2.33. The lowest BCUT2D eigenvalue weighted by molar-refractivity contribution is 0.507. The van der Waals surface area contributed by atoms with Crippen molar-refractivity contribution in [1.29, 1.82) is 5.26 Å². The molecule has 1 saturated heterocycles. The third kappa shape index (κ3) is 2.02. The highest BCUT2D eigenvalue weighted by Gasteiger charge is 2.37. The number of aryl methyl sites for hydroxylation is 1. The van der Waals surface area contributed by atoms with E-state index in [2.05, 4.69) is 16.4 Å². The van der Waals surface area contributed by atoms with Gasteiger partial charge in [-0.3, -0.25) is 4.68 Å². The van der Waals surface area contributed by atoms with Gasteiger partial charge in [0.25, 0.3) is 0 Å². The van der Waals surface area contributed by atoms with Crippen molar-refractivity contribution in [2.24, 2.45) is 7.05 Å². The third-order valence-electron chi connectivity index (χ3n) is 5.55. The van der Waals surface area contributed by atoms with Gasteiger partial charge < -0.3 is 11.1 Å². The molecule has 3 aromatic rings. The lowest BCUT2D eigenvalue weighted by Gasteiger charge is -2.27. The molecule has 1 fully saturated rings. The van der Waals surface area contributed by atoms with Crippen LogP contribution in [0.2, 0.25) is 5.02 Å². The molecule has 0 amide bonds. The highest BCUT2D eigenvalue weighted by atomic mass is 35.5. The van der Waals surface area contributed by atoms with E-state index in [1.807, 2.05) is 25.2 Å². The summed E-state index contributed by atoms with van der Waals surface area (Å²) in [5.74, 6) is 0.272. The topological polar surface area (TPSA) is 92.5 Å². The van der Waals surface area contributed by atoms with Crippen molar-refractivity contribution >= 4 is 28.3 Å². The molecule has 1 aromatic carbocycles. The van der Waals surface area contributed by atoms with Crippen molar-refractivity contribution in [3.63, 3.8) is 0 Å². The van der Waals surface area contributed by atoms with Crippen LogP contribution in [0.4, 0.5) is 5.82 Å². The number of nitrogens with one attached hydrogen (secondary N) is 1. The molecular weight excluding hydrogens is 348 g/mol. The molecule has 2 atom stereocenters. The van der Waals surface area contributed by atoms with Crippen LogP contribution in [0.5, 0.6) is 0 Å². The molecule has 4 heterocycles. The number of benzene rings is 1. The first-order chi connectivity index (χ1) is 12.6. The molecule has 2 aliphatic heterocycles. The van der Waals surface area contributed by atoms with Crippen LogP contribution in [-0.2, 0) is 13.5 Å². The number of pyridine rings is 1. The third-order valence-corrected chi connectivity index (χ3v) is 5.86. The van der Waals surface area contributed by atoms with Gasteiger partial charge in [0.05, 0.1) is 10.5 Å². The van der Waals surface area contributed by atoms with Crippen molar-refractivity contribution < 1.29 is 0 Å². The van der Waals surface area contributed by atoms with Crippen LogP contribution in [0.1, 0.15) is 35.7 Å². The fourth-order valence-corrected chi connectivity index (χ4v) is 4.70. The van der Waals surface area contributed by atoms with Gasteiger partial charge in [0, 0.05) is 47.8 Å². The van der Waals surface area contributed by atoms with Crippen molar-refractivity contribution in [3.8, 4) is 17.3 Å². The maximum Gasteiger partial charge on any atom is 0.142 e. The predicted octanol–water partition coefficient (Wildman–Crippen LogP) is 3.09. The number of nitrogens with zero attached hydrogens (tertiary/aromatic N) is 4. The van der Waals surface area contributed by atoms with E-state index in [9.17, 15) is 5.26 Å². The standard InChI is InChI=1S/C19H17ClN6/c1-26-14-4-2-3-11(20)16(14)18(25-26)15-10(8-21)19(22)24-13-7-9-5-6-12(23-9)17(13)15/h2-4,9,12,23H,5-7H2,1H3,(H2,22,24)/t9-,12+/m0/s1. The Morgan fingerprint density at radius 1 is 1.38 bits per heavy atom. The zero-order valence-electron chi connectivity index (χ0n) is 14.3. The summed E-state index contributed by atoms with van der Waals surface area (Å²) in [6.45, 7) is 0. The lowest BCUT2D eigenvalue weighted by atomic mass is 9.89. The van der Waals surface area contributed by atoms with Crippen LogP contribution >= 0.6 is 11.6 Å². The van der Waals surface area contributed by atoms with Crippen molar-refractivity contribution in [2.45, 2.75) is 31.3 Å². The van der Waals surface area contributed by atoms with Gasteiger partial charge in [0.2, 0.25) is 0 Å². The molecule has 0 spiro atoms. The van der Waals surface area contributed by atoms with Gasteiger partial charge in [-0.05, 0) is 25.0 Å². The van der Waals surface area contributed by atoms with Gasteiger partial charge in [-0.25, -0.2) is 4.98 Å². The van der Waals surface area contributed by atoms with Gasteiger partial charge in [0.15, 0.2) is 0 Å². The molecule has 2 aromatic heterocycles. The highest BCUT2D eigenvalue weighted by molar-refractivity contribution is 6.36. The predicted molar refractivity (Wildman–Crippen MR) is 101 cm³/mol. The average molecular weight is 365 g/mol. The summed E-state index contributed by atoms with van der Waals surface area (Å²) in [5.41, 5.74) is 11.0. The average Bonchev–Trinajstić information content (AvgIpc) is 3.16. The number of aromatic nitrogens is 3. The number of hydrogen-bond acceptors (Lipinski definition) is 5. The molecule has 0 radical (unpaired) electrons. The molecular formula is C19H17ClN6. The normalized spacial score (nSPS) is 21.0. The molecule has 7 heteroatoms. The Balaban J connectivity index is 1.92. The smallest absolute Gasteiger partial charge is 0.142 e. The maximum absolute atomic E-state index is 9.82.